The summed E-state index contributed by atoms with van der Waals surface area (Å²) in [6.07, 6.45) is 0.419. The number of aliphatic hydroxyl groups excluding tert-OH is 1. The number of nitrogens with zero attached hydrogens (tertiary/aromatic N) is 2. The van der Waals surface area contributed by atoms with E-state index in [4.69, 9.17) is 9.47 Å². The van der Waals surface area contributed by atoms with Crippen LogP contribution < -0.4 is 5.32 Å². The molecule has 1 aliphatic heterocycles. The van der Waals surface area contributed by atoms with Gasteiger partial charge >= 0.3 is 0 Å². The lowest BCUT2D eigenvalue weighted by Gasteiger charge is -2.36. The SMILES string of the molecule is O=C(Nc1cccc(C2OC(Cn3cnc4ccccc43)CC(c3ccc(CO)cc3)O2)c1)c1c(F)c(F)c(F)c(F)c1F. The molecular weight excluding hydrogens is 585 g/mol. The second kappa shape index (κ2) is 12.2. The molecule has 0 spiro atoms. The molecule has 226 valence electrons. The van der Waals surface area contributed by atoms with Crippen LogP contribution in [0, 0.1) is 29.1 Å². The first-order valence-corrected chi connectivity index (χ1v) is 13.6. The van der Waals surface area contributed by atoms with Gasteiger partial charge in [-0.1, -0.05) is 48.5 Å². The fraction of sp³-hybridized carbons (Fsp3) is 0.188. The van der Waals surface area contributed by atoms with Gasteiger partial charge in [-0.25, -0.2) is 26.9 Å². The summed E-state index contributed by atoms with van der Waals surface area (Å²) in [7, 11) is 0. The summed E-state index contributed by atoms with van der Waals surface area (Å²) in [5.74, 6) is -12.8. The summed E-state index contributed by atoms with van der Waals surface area (Å²) in [6.45, 7) is 0.319. The highest BCUT2D eigenvalue weighted by molar-refractivity contribution is 6.04. The number of imidazole rings is 1. The number of hydrogen-bond donors (Lipinski definition) is 2. The Balaban J connectivity index is 1.28. The normalized spacial score (nSPS) is 18.5. The Kier molecular flexibility index (Phi) is 8.13. The van der Waals surface area contributed by atoms with Gasteiger partial charge in [0.1, 0.15) is 5.56 Å². The molecule has 4 aromatic carbocycles. The molecule has 44 heavy (non-hydrogen) atoms. The molecule has 2 N–H and O–H groups in total. The van der Waals surface area contributed by atoms with Gasteiger partial charge in [-0.3, -0.25) is 4.79 Å². The molecule has 2 heterocycles. The van der Waals surface area contributed by atoms with E-state index in [-0.39, 0.29) is 18.4 Å². The molecule has 0 saturated carbocycles. The van der Waals surface area contributed by atoms with Crippen molar-refractivity contribution in [3.05, 3.63) is 130 Å². The van der Waals surface area contributed by atoms with Gasteiger partial charge in [0.15, 0.2) is 29.6 Å². The predicted octanol–water partition coefficient (Wildman–Crippen LogP) is 6.72. The third-order valence-corrected chi connectivity index (χ3v) is 7.40. The number of para-hydroxylation sites is 2. The zero-order valence-corrected chi connectivity index (χ0v) is 22.8. The molecule has 3 atom stereocenters. The first-order valence-electron chi connectivity index (χ1n) is 13.6. The van der Waals surface area contributed by atoms with Crippen molar-refractivity contribution < 1.29 is 41.3 Å². The van der Waals surface area contributed by atoms with Gasteiger partial charge in [0.2, 0.25) is 5.82 Å². The molecule has 1 fully saturated rings. The number of amides is 1. The van der Waals surface area contributed by atoms with Gasteiger partial charge in [0.05, 0.1) is 42.7 Å². The van der Waals surface area contributed by atoms with Crippen molar-refractivity contribution in [1.29, 1.82) is 0 Å². The Labute approximate surface area is 247 Å². The minimum atomic E-state index is -2.36. The molecule has 0 bridgehead atoms. The van der Waals surface area contributed by atoms with Gasteiger partial charge in [-0.15, -0.1) is 0 Å². The van der Waals surface area contributed by atoms with E-state index in [1.165, 1.54) is 18.2 Å². The Hall–Kier alpha value is -4.65. The van der Waals surface area contributed by atoms with Crippen molar-refractivity contribution in [2.45, 2.75) is 38.1 Å². The van der Waals surface area contributed by atoms with Crippen LogP contribution in [-0.4, -0.2) is 26.7 Å². The molecule has 3 unspecified atom stereocenters. The standard InChI is InChI=1S/C32H24F5N3O4/c33-26-25(27(34)29(36)30(37)28(26)35)31(42)39-20-5-3-4-19(12-20)32-43-21(14-40-16-38-22-6-1-2-7-23(22)40)13-24(44-32)18-10-8-17(15-41)9-11-18/h1-12,16,21,24,32,41H,13-15H2,(H,39,42). The maximum Gasteiger partial charge on any atom is 0.261 e. The molecule has 5 aromatic rings. The van der Waals surface area contributed by atoms with Crippen LogP contribution in [0.1, 0.15) is 45.9 Å². The Morgan fingerprint density at radius 1 is 0.864 bits per heavy atom. The minimum absolute atomic E-state index is 0.00946. The topological polar surface area (TPSA) is 85.6 Å². The highest BCUT2D eigenvalue weighted by atomic mass is 19.2. The molecule has 1 saturated heterocycles. The number of aliphatic hydroxyl groups is 1. The van der Waals surface area contributed by atoms with Crippen LogP contribution in [0.2, 0.25) is 0 Å². The van der Waals surface area contributed by atoms with Crippen molar-refractivity contribution >= 4 is 22.6 Å². The fourth-order valence-electron chi connectivity index (χ4n) is 5.17. The molecule has 0 aliphatic carbocycles. The average Bonchev–Trinajstić information content (AvgIpc) is 3.45. The largest absolute Gasteiger partial charge is 0.392 e. The van der Waals surface area contributed by atoms with Crippen LogP contribution in [-0.2, 0) is 22.6 Å². The lowest BCUT2D eigenvalue weighted by molar-refractivity contribution is -0.252. The zero-order valence-electron chi connectivity index (χ0n) is 22.8. The highest BCUT2D eigenvalue weighted by Gasteiger charge is 2.33. The number of ether oxygens (including phenoxy) is 2. The van der Waals surface area contributed by atoms with Gasteiger partial charge in [0, 0.05) is 17.7 Å². The lowest BCUT2D eigenvalue weighted by Crippen LogP contribution is -2.32. The number of anilines is 1. The van der Waals surface area contributed by atoms with Gasteiger partial charge in [-0.2, -0.15) is 0 Å². The number of benzene rings is 4. The van der Waals surface area contributed by atoms with Crippen molar-refractivity contribution in [3.8, 4) is 0 Å². The van der Waals surface area contributed by atoms with Crippen LogP contribution >= 0.6 is 0 Å². The predicted molar refractivity (Wildman–Crippen MR) is 149 cm³/mol. The molecule has 6 rings (SSSR count). The summed E-state index contributed by atoms with van der Waals surface area (Å²) < 4.78 is 83.9. The van der Waals surface area contributed by atoms with Crippen LogP contribution in [0.4, 0.5) is 27.6 Å². The van der Waals surface area contributed by atoms with E-state index >= 15 is 0 Å². The van der Waals surface area contributed by atoms with E-state index < -0.39 is 53.0 Å². The molecule has 1 aromatic heterocycles. The average molecular weight is 610 g/mol. The van der Waals surface area contributed by atoms with E-state index in [0.717, 1.165) is 22.2 Å². The third kappa shape index (κ3) is 5.66. The summed E-state index contributed by atoms with van der Waals surface area (Å²) >= 11 is 0. The van der Waals surface area contributed by atoms with E-state index in [1.807, 2.05) is 41.0 Å². The maximum atomic E-state index is 14.2. The van der Waals surface area contributed by atoms with Crippen LogP contribution in [0.15, 0.2) is 79.1 Å². The minimum Gasteiger partial charge on any atom is -0.392 e. The van der Waals surface area contributed by atoms with Crippen LogP contribution in [0.25, 0.3) is 11.0 Å². The highest BCUT2D eigenvalue weighted by Crippen LogP contribution is 2.39. The second-order valence-electron chi connectivity index (χ2n) is 10.3. The second-order valence-corrected chi connectivity index (χ2v) is 10.3. The molecular formula is C32H24F5N3O4. The van der Waals surface area contributed by atoms with Crippen LogP contribution in [0.3, 0.4) is 0 Å². The molecule has 7 nitrogen and oxygen atoms in total. The third-order valence-electron chi connectivity index (χ3n) is 7.40. The fourth-order valence-corrected chi connectivity index (χ4v) is 5.17. The Morgan fingerprint density at radius 2 is 1.57 bits per heavy atom. The monoisotopic (exact) mass is 609 g/mol. The number of carbonyl (C=O) groups is 1. The van der Waals surface area contributed by atoms with E-state index in [1.54, 1.807) is 24.5 Å². The van der Waals surface area contributed by atoms with Crippen molar-refractivity contribution in [2.75, 3.05) is 5.32 Å². The summed E-state index contributed by atoms with van der Waals surface area (Å²) in [5, 5.41) is 11.6. The van der Waals surface area contributed by atoms with Gasteiger partial charge < -0.3 is 24.5 Å². The van der Waals surface area contributed by atoms with E-state index in [0.29, 0.717) is 18.5 Å². The van der Waals surface area contributed by atoms with Gasteiger partial charge in [-0.05, 0) is 35.4 Å². The molecule has 0 radical (unpaired) electrons. The molecule has 1 amide bonds. The number of hydrogen-bond acceptors (Lipinski definition) is 5. The summed E-state index contributed by atoms with van der Waals surface area (Å²) in [4.78, 5) is 17.1. The van der Waals surface area contributed by atoms with Gasteiger partial charge in [0.25, 0.3) is 5.91 Å². The first-order chi connectivity index (χ1) is 21.2. The van der Waals surface area contributed by atoms with Crippen LogP contribution in [0.5, 0.6) is 0 Å². The molecule has 1 aliphatic rings. The van der Waals surface area contributed by atoms with Crippen molar-refractivity contribution in [3.63, 3.8) is 0 Å². The number of fused-ring (bicyclic) bond motifs is 1. The number of carbonyl (C=O) groups excluding carboxylic acids is 1. The van der Waals surface area contributed by atoms with Crippen molar-refractivity contribution in [1.82, 2.24) is 9.55 Å². The number of aromatic nitrogens is 2. The van der Waals surface area contributed by atoms with E-state index in [2.05, 4.69) is 10.3 Å². The van der Waals surface area contributed by atoms with E-state index in [9.17, 15) is 31.9 Å². The lowest BCUT2D eigenvalue weighted by atomic mass is 10.00. The summed E-state index contributed by atoms with van der Waals surface area (Å²) in [6, 6.07) is 20.9. The quantitative estimate of drug-likeness (QED) is 0.122. The molecule has 12 heteroatoms. The Morgan fingerprint density at radius 3 is 2.30 bits per heavy atom. The number of halogens is 5. The van der Waals surface area contributed by atoms with Crippen molar-refractivity contribution in [2.24, 2.45) is 0 Å². The number of nitrogens with one attached hydrogen (secondary N) is 1. The maximum absolute atomic E-state index is 14.2. The zero-order chi connectivity index (χ0) is 31.0. The first kappa shape index (κ1) is 29.4. The Bertz CT molecular complexity index is 1820. The number of rotatable bonds is 7. The summed E-state index contributed by atoms with van der Waals surface area (Å²) in [5.41, 5.74) is 2.15. The smallest absolute Gasteiger partial charge is 0.261 e.